The molecule has 0 spiro atoms. The summed E-state index contributed by atoms with van der Waals surface area (Å²) in [5.41, 5.74) is 6.78. The number of hydrogen-bond acceptors (Lipinski definition) is 4. The van der Waals surface area contributed by atoms with Gasteiger partial charge in [0.1, 0.15) is 5.75 Å². The molecule has 2 aliphatic rings. The van der Waals surface area contributed by atoms with E-state index in [9.17, 15) is 0 Å². The minimum atomic E-state index is 0.281. The quantitative estimate of drug-likeness (QED) is 0.911. The van der Waals surface area contributed by atoms with E-state index in [1.165, 1.54) is 12.8 Å². The summed E-state index contributed by atoms with van der Waals surface area (Å²) in [4.78, 5) is 0. The van der Waals surface area contributed by atoms with E-state index in [-0.39, 0.29) is 6.79 Å². The highest BCUT2D eigenvalue weighted by Gasteiger charge is 2.23. The molecule has 4 heteroatoms. The number of benzene rings is 1. The van der Waals surface area contributed by atoms with E-state index in [4.69, 9.17) is 19.9 Å². The van der Waals surface area contributed by atoms with Crippen molar-refractivity contribution in [1.29, 1.82) is 0 Å². The SMILES string of the molecule is CC1CCC(Oc2cc3c(cc2CN)OCO3)CC1. The fraction of sp³-hybridized carbons (Fsp3) is 0.600. The summed E-state index contributed by atoms with van der Waals surface area (Å²) >= 11 is 0. The van der Waals surface area contributed by atoms with Gasteiger partial charge in [-0.15, -0.1) is 0 Å². The van der Waals surface area contributed by atoms with Crippen molar-refractivity contribution in [2.45, 2.75) is 45.3 Å². The molecule has 1 heterocycles. The fourth-order valence-corrected chi connectivity index (χ4v) is 2.76. The van der Waals surface area contributed by atoms with Crippen molar-refractivity contribution in [3.05, 3.63) is 17.7 Å². The summed E-state index contributed by atoms with van der Waals surface area (Å²) in [7, 11) is 0. The molecular weight excluding hydrogens is 242 g/mol. The summed E-state index contributed by atoms with van der Waals surface area (Å²) in [5, 5.41) is 0. The van der Waals surface area contributed by atoms with E-state index in [0.29, 0.717) is 12.6 Å². The van der Waals surface area contributed by atoms with Crippen LogP contribution in [0.15, 0.2) is 12.1 Å². The van der Waals surface area contributed by atoms with E-state index < -0.39 is 0 Å². The Kier molecular flexibility index (Phi) is 3.51. The molecule has 1 aromatic carbocycles. The second-order valence-electron chi connectivity index (χ2n) is 5.52. The zero-order chi connectivity index (χ0) is 13.2. The minimum absolute atomic E-state index is 0.281. The average molecular weight is 263 g/mol. The van der Waals surface area contributed by atoms with Crippen molar-refractivity contribution in [1.82, 2.24) is 0 Å². The monoisotopic (exact) mass is 263 g/mol. The van der Waals surface area contributed by atoms with Gasteiger partial charge in [0.05, 0.1) is 6.10 Å². The standard InChI is InChI=1S/C15H21NO3/c1-10-2-4-12(5-3-10)19-13-7-15-14(17-9-18-15)6-11(13)8-16/h6-7,10,12H,2-5,8-9,16H2,1H3. The Morgan fingerprint density at radius 3 is 2.53 bits per heavy atom. The molecule has 0 amide bonds. The van der Waals surface area contributed by atoms with Crippen LogP contribution in [-0.2, 0) is 6.54 Å². The molecule has 104 valence electrons. The molecule has 2 N–H and O–H groups in total. The van der Waals surface area contributed by atoms with Crippen LogP contribution in [0, 0.1) is 5.92 Å². The molecule has 3 rings (SSSR count). The summed E-state index contributed by atoms with van der Waals surface area (Å²) in [6.07, 6.45) is 5.04. The molecule has 0 unspecified atom stereocenters. The molecule has 1 aromatic rings. The van der Waals surface area contributed by atoms with Gasteiger partial charge in [0, 0.05) is 18.2 Å². The lowest BCUT2D eigenvalue weighted by Gasteiger charge is -2.27. The Balaban J connectivity index is 1.76. The Labute approximate surface area is 113 Å². The summed E-state index contributed by atoms with van der Waals surface area (Å²) < 4.78 is 16.9. The van der Waals surface area contributed by atoms with Crippen LogP contribution in [-0.4, -0.2) is 12.9 Å². The molecular formula is C15H21NO3. The molecule has 4 nitrogen and oxygen atoms in total. The zero-order valence-electron chi connectivity index (χ0n) is 11.4. The lowest BCUT2D eigenvalue weighted by atomic mass is 9.89. The van der Waals surface area contributed by atoms with Gasteiger partial charge in [-0.1, -0.05) is 6.92 Å². The predicted octanol–water partition coefficient (Wildman–Crippen LogP) is 2.83. The first-order valence-electron chi connectivity index (χ1n) is 7.05. The zero-order valence-corrected chi connectivity index (χ0v) is 11.4. The average Bonchev–Trinajstić information content (AvgIpc) is 2.87. The fourth-order valence-electron chi connectivity index (χ4n) is 2.76. The largest absolute Gasteiger partial charge is 0.490 e. The molecule has 1 saturated carbocycles. The Hall–Kier alpha value is -1.42. The molecule has 0 atom stereocenters. The summed E-state index contributed by atoms with van der Waals surface area (Å²) in [5.74, 6) is 3.21. The number of nitrogens with two attached hydrogens (primary N) is 1. The van der Waals surface area contributed by atoms with Gasteiger partial charge in [0.15, 0.2) is 11.5 Å². The van der Waals surface area contributed by atoms with Crippen molar-refractivity contribution < 1.29 is 14.2 Å². The summed E-state index contributed by atoms with van der Waals surface area (Å²) in [6.45, 7) is 3.04. The van der Waals surface area contributed by atoms with Crippen LogP contribution in [0.3, 0.4) is 0 Å². The third-order valence-electron chi connectivity index (χ3n) is 4.03. The van der Waals surface area contributed by atoms with Gasteiger partial charge in [-0.05, 0) is 37.7 Å². The highest BCUT2D eigenvalue weighted by Crippen LogP contribution is 2.39. The maximum absolute atomic E-state index is 6.14. The first-order valence-corrected chi connectivity index (χ1v) is 7.05. The van der Waals surface area contributed by atoms with Crippen molar-refractivity contribution in [2.75, 3.05) is 6.79 Å². The highest BCUT2D eigenvalue weighted by atomic mass is 16.7. The van der Waals surface area contributed by atoms with E-state index >= 15 is 0 Å². The lowest BCUT2D eigenvalue weighted by molar-refractivity contribution is 0.134. The van der Waals surface area contributed by atoms with Crippen LogP contribution in [0.1, 0.15) is 38.2 Å². The molecule has 0 bridgehead atoms. The van der Waals surface area contributed by atoms with Crippen molar-refractivity contribution >= 4 is 0 Å². The molecule has 1 aliphatic carbocycles. The third kappa shape index (κ3) is 2.63. The van der Waals surface area contributed by atoms with Gasteiger partial charge in [-0.3, -0.25) is 0 Å². The van der Waals surface area contributed by atoms with E-state index in [1.807, 2.05) is 12.1 Å². The molecule has 0 radical (unpaired) electrons. The smallest absolute Gasteiger partial charge is 0.231 e. The minimum Gasteiger partial charge on any atom is -0.490 e. The van der Waals surface area contributed by atoms with Gasteiger partial charge >= 0.3 is 0 Å². The van der Waals surface area contributed by atoms with Crippen LogP contribution in [0.25, 0.3) is 0 Å². The van der Waals surface area contributed by atoms with Crippen LogP contribution in [0.2, 0.25) is 0 Å². The maximum atomic E-state index is 6.14. The third-order valence-corrected chi connectivity index (χ3v) is 4.03. The van der Waals surface area contributed by atoms with E-state index in [0.717, 1.165) is 41.6 Å². The van der Waals surface area contributed by atoms with Crippen LogP contribution >= 0.6 is 0 Å². The Morgan fingerprint density at radius 2 is 1.84 bits per heavy atom. The highest BCUT2D eigenvalue weighted by molar-refractivity contribution is 5.51. The molecule has 19 heavy (non-hydrogen) atoms. The lowest BCUT2D eigenvalue weighted by Crippen LogP contribution is -2.23. The second kappa shape index (κ2) is 5.29. The maximum Gasteiger partial charge on any atom is 0.231 e. The molecule has 1 aliphatic heterocycles. The molecule has 0 saturated heterocycles. The van der Waals surface area contributed by atoms with Crippen molar-refractivity contribution in [3.63, 3.8) is 0 Å². The van der Waals surface area contributed by atoms with Gasteiger partial charge in [-0.2, -0.15) is 0 Å². The predicted molar refractivity (Wildman–Crippen MR) is 72.5 cm³/mol. The normalized spacial score (nSPS) is 25.4. The van der Waals surface area contributed by atoms with E-state index in [1.54, 1.807) is 0 Å². The van der Waals surface area contributed by atoms with Crippen LogP contribution in [0.4, 0.5) is 0 Å². The number of rotatable bonds is 3. The first kappa shape index (κ1) is 12.6. The Bertz CT molecular complexity index is 453. The molecule has 1 fully saturated rings. The van der Waals surface area contributed by atoms with Gasteiger partial charge in [-0.25, -0.2) is 0 Å². The van der Waals surface area contributed by atoms with Gasteiger partial charge in [0.2, 0.25) is 6.79 Å². The number of fused-ring (bicyclic) bond motifs is 1. The van der Waals surface area contributed by atoms with Gasteiger partial charge < -0.3 is 19.9 Å². The second-order valence-corrected chi connectivity index (χ2v) is 5.52. The van der Waals surface area contributed by atoms with Crippen molar-refractivity contribution in [3.8, 4) is 17.2 Å². The van der Waals surface area contributed by atoms with Gasteiger partial charge in [0.25, 0.3) is 0 Å². The van der Waals surface area contributed by atoms with Crippen LogP contribution in [0.5, 0.6) is 17.2 Å². The van der Waals surface area contributed by atoms with Crippen molar-refractivity contribution in [2.24, 2.45) is 11.7 Å². The number of hydrogen-bond donors (Lipinski definition) is 1. The topological polar surface area (TPSA) is 53.7 Å². The molecule has 0 aromatic heterocycles. The first-order chi connectivity index (χ1) is 9.26. The number of ether oxygens (including phenoxy) is 3. The van der Waals surface area contributed by atoms with Crippen LogP contribution < -0.4 is 19.9 Å². The van der Waals surface area contributed by atoms with E-state index in [2.05, 4.69) is 6.92 Å². The summed E-state index contributed by atoms with van der Waals surface area (Å²) in [6, 6.07) is 3.85. The Morgan fingerprint density at radius 1 is 1.16 bits per heavy atom.